The van der Waals surface area contributed by atoms with Gasteiger partial charge in [0.05, 0.1) is 12.2 Å². The topological polar surface area (TPSA) is 112 Å². The monoisotopic (exact) mass is 448 g/mol. The van der Waals surface area contributed by atoms with Gasteiger partial charge in [-0.15, -0.1) is 0 Å². The van der Waals surface area contributed by atoms with E-state index in [1.807, 2.05) is 0 Å². The molecule has 3 heterocycles. The van der Waals surface area contributed by atoms with E-state index in [1.165, 1.54) is 16.8 Å². The van der Waals surface area contributed by atoms with Crippen LogP contribution in [0.5, 0.6) is 0 Å². The highest BCUT2D eigenvalue weighted by Gasteiger charge is 2.65. The van der Waals surface area contributed by atoms with Crippen LogP contribution in [0.25, 0.3) is 0 Å². The lowest BCUT2D eigenvalue weighted by Gasteiger charge is -2.37. The Labute approximate surface area is 174 Å². The normalized spacial score (nSPS) is 31.8. The van der Waals surface area contributed by atoms with Crippen LogP contribution >= 0.6 is 6.72 Å². The molecule has 2 aliphatic rings. The van der Waals surface area contributed by atoms with Crippen LogP contribution in [-0.2, 0) is 30.3 Å². The largest absolute Gasteiger partial charge is 0.368 e. The molecule has 29 heavy (non-hydrogen) atoms. The molecule has 1 aromatic heterocycles. The lowest BCUT2D eigenvalue weighted by atomic mass is 9.80. The second-order valence-corrected chi connectivity index (χ2v) is 12.5. The van der Waals surface area contributed by atoms with Gasteiger partial charge in [0.25, 0.3) is 5.56 Å². The smallest absolute Gasteiger partial charge is 0.330 e. The molecule has 2 fully saturated rings. The molecule has 164 valence electrons. The highest BCUT2D eigenvalue weighted by atomic mass is 32.5. The minimum Gasteiger partial charge on any atom is -0.368 e. The molecule has 2 N–H and O–H groups in total. The first kappa shape index (κ1) is 22.8. The summed E-state index contributed by atoms with van der Waals surface area (Å²) in [6, 6.07) is 1.24. The van der Waals surface area contributed by atoms with E-state index in [4.69, 9.17) is 30.3 Å². The number of aromatic nitrogens is 2. The molecule has 3 rings (SSSR count). The number of ether oxygens (including phenoxy) is 2. The van der Waals surface area contributed by atoms with Gasteiger partial charge in [0.1, 0.15) is 17.8 Å². The maximum atomic E-state index is 12.3. The van der Waals surface area contributed by atoms with Gasteiger partial charge in [-0.05, 0) is 44.4 Å². The Balaban J connectivity index is 1.98. The molecule has 0 aromatic carbocycles. The fourth-order valence-corrected chi connectivity index (χ4v) is 6.23. The van der Waals surface area contributed by atoms with E-state index in [-0.39, 0.29) is 12.0 Å². The molecule has 0 aliphatic carbocycles. The fraction of sp³-hybridized carbons (Fsp3) is 0.778. The van der Waals surface area contributed by atoms with E-state index in [0.29, 0.717) is 6.42 Å². The van der Waals surface area contributed by atoms with Crippen molar-refractivity contribution in [1.29, 1.82) is 0 Å². The van der Waals surface area contributed by atoms with E-state index in [2.05, 4.69) is 25.8 Å². The van der Waals surface area contributed by atoms with Crippen LogP contribution in [0.15, 0.2) is 21.9 Å². The molecule has 9 nitrogen and oxygen atoms in total. The van der Waals surface area contributed by atoms with Gasteiger partial charge >= 0.3 is 12.4 Å². The van der Waals surface area contributed by atoms with Gasteiger partial charge in [-0.2, -0.15) is 0 Å². The Hall–Kier alpha value is -0.870. The fourth-order valence-electron chi connectivity index (χ4n) is 3.95. The van der Waals surface area contributed by atoms with E-state index in [0.717, 1.165) is 0 Å². The van der Waals surface area contributed by atoms with Crippen molar-refractivity contribution in [3.05, 3.63) is 33.1 Å². The first-order valence-corrected chi connectivity index (χ1v) is 12.0. The summed E-state index contributed by atoms with van der Waals surface area (Å²) in [5.74, 6) is 0. The molecule has 0 radical (unpaired) electrons. The number of hydrogen-bond acceptors (Lipinski definition) is 7. The quantitative estimate of drug-likeness (QED) is 0.659. The molecule has 2 bridgehead atoms. The van der Waals surface area contributed by atoms with E-state index in [9.17, 15) is 14.5 Å². The Morgan fingerprint density at radius 1 is 1.34 bits per heavy atom. The number of H-pyrrole nitrogens is 1. The van der Waals surface area contributed by atoms with E-state index >= 15 is 0 Å². The van der Waals surface area contributed by atoms with Crippen molar-refractivity contribution in [2.75, 3.05) is 6.61 Å². The second kappa shape index (κ2) is 7.37. The van der Waals surface area contributed by atoms with Crippen LogP contribution in [0, 0.1) is 5.41 Å². The van der Waals surface area contributed by atoms with Crippen molar-refractivity contribution in [2.45, 2.75) is 77.6 Å². The minimum atomic E-state index is -3.62. The standard InChI is InChI=1S/C18H29N2O7PS/c1-16(2,3)9-18-10-24-12(13(18)26-28(23,29)27-17(4,5)6)14(25-18)20-8-7-11(21)19-15(20)22/h7-8,12-14H,9-10H2,1-6H3,(H,23,29)(H,19,21,22)/t12-,13?,14+,18+,28?/m0/s1. The summed E-state index contributed by atoms with van der Waals surface area (Å²) < 4.78 is 25.1. The Morgan fingerprint density at radius 2 is 2.00 bits per heavy atom. The van der Waals surface area contributed by atoms with Crippen molar-refractivity contribution in [2.24, 2.45) is 5.41 Å². The van der Waals surface area contributed by atoms with Gasteiger partial charge in [-0.25, -0.2) is 4.79 Å². The Morgan fingerprint density at radius 3 is 2.55 bits per heavy atom. The third-order valence-corrected chi connectivity index (χ3v) is 6.32. The first-order chi connectivity index (χ1) is 13.1. The molecule has 0 spiro atoms. The number of aromatic amines is 1. The Bertz CT molecular complexity index is 932. The molecule has 1 aromatic rings. The van der Waals surface area contributed by atoms with Crippen LogP contribution in [0.4, 0.5) is 0 Å². The van der Waals surface area contributed by atoms with Crippen molar-refractivity contribution >= 4 is 18.5 Å². The van der Waals surface area contributed by atoms with Gasteiger partial charge in [0, 0.05) is 12.3 Å². The summed E-state index contributed by atoms with van der Waals surface area (Å²) >= 11 is 5.25. The van der Waals surface area contributed by atoms with Crippen molar-refractivity contribution in [3.63, 3.8) is 0 Å². The number of nitrogens with one attached hydrogen (secondary N) is 1. The molecule has 0 saturated carbocycles. The van der Waals surface area contributed by atoms with Crippen LogP contribution < -0.4 is 11.2 Å². The van der Waals surface area contributed by atoms with Gasteiger partial charge in [-0.1, -0.05) is 20.8 Å². The molecule has 2 aliphatic heterocycles. The summed E-state index contributed by atoms with van der Waals surface area (Å²) in [5.41, 5.74) is -2.89. The second-order valence-electron chi connectivity index (χ2n) is 9.80. The average molecular weight is 448 g/mol. The van der Waals surface area contributed by atoms with Crippen molar-refractivity contribution in [1.82, 2.24) is 9.55 Å². The van der Waals surface area contributed by atoms with Crippen molar-refractivity contribution < 1.29 is 23.4 Å². The molecule has 0 amide bonds. The summed E-state index contributed by atoms with van der Waals surface area (Å²) in [6.45, 7) is 8.10. The third kappa shape index (κ3) is 5.07. The van der Waals surface area contributed by atoms with Crippen molar-refractivity contribution in [3.8, 4) is 0 Å². The number of hydrogen-bond donors (Lipinski definition) is 2. The Kier molecular flexibility index (Phi) is 5.80. The lowest BCUT2D eigenvalue weighted by Crippen LogP contribution is -2.45. The molecule has 5 atom stereocenters. The molecular weight excluding hydrogens is 419 g/mol. The zero-order valence-electron chi connectivity index (χ0n) is 17.5. The zero-order valence-corrected chi connectivity index (χ0v) is 19.2. The average Bonchev–Trinajstić information content (AvgIpc) is 2.93. The summed E-state index contributed by atoms with van der Waals surface area (Å²) in [4.78, 5) is 36.7. The predicted molar refractivity (Wildman–Crippen MR) is 110 cm³/mol. The van der Waals surface area contributed by atoms with Crippen LogP contribution in [0.2, 0.25) is 0 Å². The molecule has 2 saturated heterocycles. The predicted octanol–water partition coefficient (Wildman–Crippen LogP) is 2.06. The summed E-state index contributed by atoms with van der Waals surface area (Å²) in [7, 11) is 0. The zero-order chi connectivity index (χ0) is 21.8. The molecular formula is C18H29N2O7PS. The SMILES string of the molecule is CC(C)(C)C[C@@]12CO[C@@H](C1OP(O)(=S)OC(C)(C)C)[C@H](n1ccc(=O)[nH]c1=O)O2. The van der Waals surface area contributed by atoms with E-state index < -0.39 is 47.6 Å². The van der Waals surface area contributed by atoms with E-state index in [1.54, 1.807) is 20.8 Å². The van der Waals surface area contributed by atoms with Crippen LogP contribution in [-0.4, -0.2) is 44.5 Å². The van der Waals surface area contributed by atoms with Gasteiger partial charge in [0.2, 0.25) is 0 Å². The summed E-state index contributed by atoms with van der Waals surface area (Å²) in [6.07, 6.45) is -0.355. The minimum absolute atomic E-state index is 0.159. The van der Waals surface area contributed by atoms with Gasteiger partial charge in [-0.3, -0.25) is 18.9 Å². The van der Waals surface area contributed by atoms with Crippen LogP contribution in [0.1, 0.15) is 54.2 Å². The highest BCUT2D eigenvalue weighted by Crippen LogP contribution is 2.58. The number of nitrogens with zero attached hydrogens (tertiary/aromatic N) is 1. The van der Waals surface area contributed by atoms with Crippen LogP contribution in [0.3, 0.4) is 0 Å². The molecule has 11 heteroatoms. The first-order valence-electron chi connectivity index (χ1n) is 9.44. The van der Waals surface area contributed by atoms with Gasteiger partial charge in [0.15, 0.2) is 6.23 Å². The summed E-state index contributed by atoms with van der Waals surface area (Å²) in [5, 5.41) is 0. The maximum absolute atomic E-state index is 12.3. The maximum Gasteiger partial charge on any atom is 0.330 e. The van der Waals surface area contributed by atoms with Gasteiger partial charge < -0.3 is 18.9 Å². The third-order valence-electron chi connectivity index (χ3n) is 4.56. The number of rotatable bonds is 5. The highest BCUT2D eigenvalue weighted by molar-refractivity contribution is 8.07. The lowest BCUT2D eigenvalue weighted by molar-refractivity contribution is -0.184. The number of fused-ring (bicyclic) bond motifs is 2. The molecule has 2 unspecified atom stereocenters.